The summed E-state index contributed by atoms with van der Waals surface area (Å²) < 4.78 is 25.8. The normalized spacial score (nSPS) is 10.1. The van der Waals surface area contributed by atoms with Crippen LogP contribution in [-0.2, 0) is 9.59 Å². The molecule has 1 amide bonds. The van der Waals surface area contributed by atoms with Crippen LogP contribution in [0, 0.1) is 11.6 Å². The molecule has 18 heavy (non-hydrogen) atoms. The summed E-state index contributed by atoms with van der Waals surface area (Å²) in [6.45, 7) is 0. The van der Waals surface area contributed by atoms with Gasteiger partial charge in [-0.1, -0.05) is 0 Å². The standard InChI is InChI=1S/C12H13F2NO3/c13-8-5-6-10(9(14)7-8)15-11(16)3-1-2-4-12(17)18/h5-7H,1-4H2,(H,15,16)(H,17,18). The Bertz CT molecular complexity index is 449. The molecule has 4 nitrogen and oxygen atoms in total. The maximum Gasteiger partial charge on any atom is 0.303 e. The summed E-state index contributed by atoms with van der Waals surface area (Å²) in [7, 11) is 0. The first-order chi connectivity index (χ1) is 8.49. The van der Waals surface area contributed by atoms with Crippen molar-refractivity contribution in [1.82, 2.24) is 0 Å². The molecule has 0 saturated carbocycles. The smallest absolute Gasteiger partial charge is 0.303 e. The van der Waals surface area contributed by atoms with Gasteiger partial charge in [0.2, 0.25) is 5.91 Å². The number of anilines is 1. The summed E-state index contributed by atoms with van der Waals surface area (Å²) in [5, 5.41) is 10.7. The van der Waals surface area contributed by atoms with Gasteiger partial charge in [0, 0.05) is 18.9 Å². The number of nitrogens with one attached hydrogen (secondary N) is 1. The van der Waals surface area contributed by atoms with E-state index >= 15 is 0 Å². The van der Waals surface area contributed by atoms with Gasteiger partial charge in [-0.3, -0.25) is 9.59 Å². The molecule has 2 N–H and O–H groups in total. The lowest BCUT2D eigenvalue weighted by Gasteiger charge is -2.06. The first kappa shape index (κ1) is 14.1. The number of rotatable bonds is 6. The molecule has 1 aromatic carbocycles. The number of carboxylic acids is 1. The Hall–Kier alpha value is -1.98. The van der Waals surface area contributed by atoms with Crippen LogP contribution in [0.4, 0.5) is 14.5 Å². The Labute approximate surface area is 103 Å². The van der Waals surface area contributed by atoms with Gasteiger partial charge >= 0.3 is 5.97 Å². The second-order valence-electron chi connectivity index (χ2n) is 3.77. The van der Waals surface area contributed by atoms with Crippen molar-refractivity contribution >= 4 is 17.6 Å². The number of halogens is 2. The highest BCUT2D eigenvalue weighted by Crippen LogP contribution is 2.15. The van der Waals surface area contributed by atoms with E-state index in [0.717, 1.165) is 12.1 Å². The zero-order valence-electron chi connectivity index (χ0n) is 9.58. The number of carboxylic acid groups (broad SMARTS) is 1. The Balaban J connectivity index is 2.38. The van der Waals surface area contributed by atoms with Crippen molar-refractivity contribution < 1.29 is 23.5 Å². The number of aliphatic carboxylic acids is 1. The van der Waals surface area contributed by atoms with Crippen LogP contribution in [0.1, 0.15) is 25.7 Å². The van der Waals surface area contributed by atoms with Crippen LogP contribution >= 0.6 is 0 Å². The monoisotopic (exact) mass is 257 g/mol. The van der Waals surface area contributed by atoms with Crippen LogP contribution in [0.25, 0.3) is 0 Å². The van der Waals surface area contributed by atoms with Gasteiger partial charge in [-0.25, -0.2) is 8.78 Å². The minimum Gasteiger partial charge on any atom is -0.481 e. The SMILES string of the molecule is O=C(O)CCCCC(=O)Nc1ccc(F)cc1F. The summed E-state index contributed by atoms with van der Waals surface area (Å²) >= 11 is 0. The number of benzene rings is 1. The molecule has 0 aliphatic carbocycles. The summed E-state index contributed by atoms with van der Waals surface area (Å²) in [6.07, 6.45) is 0.887. The van der Waals surface area contributed by atoms with E-state index in [9.17, 15) is 18.4 Å². The van der Waals surface area contributed by atoms with Crippen LogP contribution < -0.4 is 5.32 Å². The molecule has 0 bridgehead atoms. The number of carbonyl (C=O) groups excluding carboxylic acids is 1. The lowest BCUT2D eigenvalue weighted by molar-refractivity contribution is -0.137. The maximum absolute atomic E-state index is 13.2. The predicted molar refractivity (Wildman–Crippen MR) is 61.1 cm³/mol. The van der Waals surface area contributed by atoms with Crippen molar-refractivity contribution in [3.05, 3.63) is 29.8 Å². The zero-order valence-corrected chi connectivity index (χ0v) is 9.58. The van der Waals surface area contributed by atoms with Gasteiger partial charge in [0.1, 0.15) is 11.6 Å². The largest absolute Gasteiger partial charge is 0.481 e. The molecular weight excluding hydrogens is 244 g/mol. The van der Waals surface area contributed by atoms with E-state index in [1.165, 1.54) is 0 Å². The fraction of sp³-hybridized carbons (Fsp3) is 0.333. The second kappa shape index (κ2) is 6.68. The fourth-order valence-corrected chi connectivity index (χ4v) is 1.37. The van der Waals surface area contributed by atoms with Crippen LogP contribution in [0.2, 0.25) is 0 Å². The molecule has 0 aromatic heterocycles. The third kappa shape index (κ3) is 4.90. The van der Waals surface area contributed by atoms with E-state index < -0.39 is 23.5 Å². The minimum atomic E-state index is -0.917. The van der Waals surface area contributed by atoms with Gasteiger partial charge in [-0.05, 0) is 25.0 Å². The molecule has 1 rings (SSSR count). The van der Waals surface area contributed by atoms with Crippen molar-refractivity contribution in [3.8, 4) is 0 Å². The Morgan fingerprint density at radius 1 is 1.17 bits per heavy atom. The van der Waals surface area contributed by atoms with Gasteiger partial charge in [-0.15, -0.1) is 0 Å². The summed E-state index contributed by atoms with van der Waals surface area (Å²) in [5.41, 5.74) is -0.0837. The van der Waals surface area contributed by atoms with E-state index in [4.69, 9.17) is 5.11 Å². The fourth-order valence-electron chi connectivity index (χ4n) is 1.37. The van der Waals surface area contributed by atoms with Crippen LogP contribution in [-0.4, -0.2) is 17.0 Å². The van der Waals surface area contributed by atoms with Gasteiger partial charge in [0.25, 0.3) is 0 Å². The first-order valence-corrected chi connectivity index (χ1v) is 5.45. The molecular formula is C12H13F2NO3. The third-order valence-electron chi connectivity index (χ3n) is 2.25. The quantitative estimate of drug-likeness (QED) is 0.769. The number of carbonyl (C=O) groups is 2. The summed E-state index contributed by atoms with van der Waals surface area (Å²) in [4.78, 5) is 21.6. The molecule has 0 aliphatic rings. The average Bonchev–Trinajstić information content (AvgIpc) is 2.28. The van der Waals surface area contributed by atoms with E-state index in [0.29, 0.717) is 18.9 Å². The third-order valence-corrected chi connectivity index (χ3v) is 2.25. The lowest BCUT2D eigenvalue weighted by atomic mass is 10.2. The van der Waals surface area contributed by atoms with E-state index in [-0.39, 0.29) is 18.5 Å². The van der Waals surface area contributed by atoms with Crippen LogP contribution in [0.3, 0.4) is 0 Å². The molecule has 0 heterocycles. The van der Waals surface area contributed by atoms with E-state index in [2.05, 4.69) is 5.32 Å². The Morgan fingerprint density at radius 2 is 1.83 bits per heavy atom. The van der Waals surface area contributed by atoms with Crippen molar-refractivity contribution in [3.63, 3.8) is 0 Å². The number of hydrogen-bond donors (Lipinski definition) is 2. The summed E-state index contributed by atoms with van der Waals surface area (Å²) in [5.74, 6) is -2.90. The Kier molecular flexibility index (Phi) is 5.23. The molecule has 6 heteroatoms. The minimum absolute atomic E-state index is 0.00180. The topological polar surface area (TPSA) is 66.4 Å². The highest BCUT2D eigenvalue weighted by Gasteiger charge is 2.08. The highest BCUT2D eigenvalue weighted by atomic mass is 19.1. The zero-order chi connectivity index (χ0) is 13.5. The van der Waals surface area contributed by atoms with Gasteiger partial charge in [0.05, 0.1) is 5.69 Å². The van der Waals surface area contributed by atoms with Crippen molar-refractivity contribution in [2.75, 3.05) is 5.32 Å². The van der Waals surface area contributed by atoms with Crippen molar-refractivity contribution in [2.45, 2.75) is 25.7 Å². The predicted octanol–water partition coefficient (Wildman–Crippen LogP) is 2.55. The van der Waals surface area contributed by atoms with Gasteiger partial charge < -0.3 is 10.4 Å². The lowest BCUT2D eigenvalue weighted by Crippen LogP contribution is -2.12. The molecule has 0 saturated heterocycles. The van der Waals surface area contributed by atoms with Gasteiger partial charge in [-0.2, -0.15) is 0 Å². The highest BCUT2D eigenvalue weighted by molar-refractivity contribution is 5.90. The first-order valence-electron chi connectivity index (χ1n) is 5.45. The molecule has 0 atom stereocenters. The van der Waals surface area contributed by atoms with Crippen molar-refractivity contribution in [2.24, 2.45) is 0 Å². The molecule has 98 valence electrons. The number of unbranched alkanes of at least 4 members (excludes halogenated alkanes) is 1. The van der Waals surface area contributed by atoms with Gasteiger partial charge in [0.15, 0.2) is 0 Å². The second-order valence-corrected chi connectivity index (χ2v) is 3.77. The van der Waals surface area contributed by atoms with Crippen molar-refractivity contribution in [1.29, 1.82) is 0 Å². The van der Waals surface area contributed by atoms with E-state index in [1.807, 2.05) is 0 Å². The number of amides is 1. The summed E-state index contributed by atoms with van der Waals surface area (Å²) in [6, 6.07) is 2.86. The molecule has 0 unspecified atom stereocenters. The molecule has 0 radical (unpaired) electrons. The average molecular weight is 257 g/mol. The molecule has 0 fully saturated rings. The molecule has 0 aliphatic heterocycles. The number of hydrogen-bond acceptors (Lipinski definition) is 2. The van der Waals surface area contributed by atoms with E-state index in [1.54, 1.807) is 0 Å². The van der Waals surface area contributed by atoms with Crippen LogP contribution in [0.15, 0.2) is 18.2 Å². The molecule has 0 spiro atoms. The maximum atomic E-state index is 13.2. The van der Waals surface area contributed by atoms with Crippen LogP contribution in [0.5, 0.6) is 0 Å². The molecule has 1 aromatic rings. The Morgan fingerprint density at radius 3 is 2.44 bits per heavy atom.